The minimum atomic E-state index is -0.538. The number of pyridine rings is 1. The highest BCUT2D eigenvalue weighted by Crippen LogP contribution is 2.48. The summed E-state index contributed by atoms with van der Waals surface area (Å²) in [5, 5.41) is 3.25. The minimum Gasteiger partial charge on any atom is -0.397 e. The van der Waals surface area contributed by atoms with Gasteiger partial charge in [-0.2, -0.15) is 0 Å². The second kappa shape index (κ2) is 5.44. The Kier molecular flexibility index (Phi) is 3.90. The number of primary amides is 1. The number of nitrogens with one attached hydrogen (secondary N) is 1. The summed E-state index contributed by atoms with van der Waals surface area (Å²) in [5.74, 6) is 0.0927. The zero-order valence-electron chi connectivity index (χ0n) is 11.1. The van der Waals surface area contributed by atoms with Crippen molar-refractivity contribution in [2.45, 2.75) is 19.3 Å². The number of hydrogen-bond donors (Lipinski definition) is 3. The standard InChI is InChI=1S/C13H20N4O2/c1-19-5-4-13(2-3-13)8-17-11-6-9(12(15)18)10(14)7-16-11/h6-7H,2-5,8,14H2,1H3,(H2,15,18)(H,16,17). The van der Waals surface area contributed by atoms with E-state index in [-0.39, 0.29) is 0 Å². The Balaban J connectivity index is 1.96. The lowest BCUT2D eigenvalue weighted by molar-refractivity contribution is 0.100. The summed E-state index contributed by atoms with van der Waals surface area (Å²) in [4.78, 5) is 15.4. The van der Waals surface area contributed by atoms with E-state index >= 15 is 0 Å². The van der Waals surface area contributed by atoms with Gasteiger partial charge in [-0.15, -0.1) is 0 Å². The van der Waals surface area contributed by atoms with Crippen molar-refractivity contribution in [1.82, 2.24) is 4.98 Å². The Morgan fingerprint density at radius 1 is 1.58 bits per heavy atom. The molecule has 0 spiro atoms. The van der Waals surface area contributed by atoms with Gasteiger partial charge >= 0.3 is 0 Å². The molecule has 6 heteroatoms. The van der Waals surface area contributed by atoms with E-state index in [0.29, 0.717) is 22.5 Å². The van der Waals surface area contributed by atoms with E-state index in [1.807, 2.05) is 0 Å². The third kappa shape index (κ3) is 3.35. The quantitative estimate of drug-likeness (QED) is 0.681. The third-order valence-corrected chi connectivity index (χ3v) is 3.64. The monoisotopic (exact) mass is 264 g/mol. The minimum absolute atomic E-state index is 0.304. The molecule has 0 aromatic carbocycles. The smallest absolute Gasteiger partial charge is 0.250 e. The van der Waals surface area contributed by atoms with Crippen LogP contribution in [0.3, 0.4) is 0 Å². The Morgan fingerprint density at radius 2 is 2.32 bits per heavy atom. The van der Waals surface area contributed by atoms with Crippen molar-refractivity contribution in [1.29, 1.82) is 0 Å². The molecule has 0 bridgehead atoms. The number of nitrogen functional groups attached to an aromatic ring is 1. The average Bonchev–Trinajstić information content (AvgIpc) is 3.16. The highest BCUT2D eigenvalue weighted by molar-refractivity contribution is 5.98. The van der Waals surface area contributed by atoms with Crippen LogP contribution < -0.4 is 16.8 Å². The van der Waals surface area contributed by atoms with Gasteiger partial charge in [-0.05, 0) is 30.7 Å². The topological polar surface area (TPSA) is 103 Å². The van der Waals surface area contributed by atoms with Crippen LogP contribution in [0, 0.1) is 5.41 Å². The van der Waals surface area contributed by atoms with Crippen LogP contribution in [0.1, 0.15) is 29.6 Å². The van der Waals surface area contributed by atoms with Gasteiger partial charge in [0.05, 0.1) is 17.4 Å². The lowest BCUT2D eigenvalue weighted by atomic mass is 10.0. The number of ether oxygens (including phenoxy) is 1. The zero-order chi connectivity index (χ0) is 13.9. The van der Waals surface area contributed by atoms with Gasteiger partial charge in [0.25, 0.3) is 5.91 Å². The van der Waals surface area contributed by atoms with E-state index < -0.39 is 5.91 Å². The molecule has 1 aromatic heterocycles. The number of hydrogen-bond acceptors (Lipinski definition) is 5. The molecule has 0 saturated heterocycles. The van der Waals surface area contributed by atoms with E-state index in [4.69, 9.17) is 16.2 Å². The van der Waals surface area contributed by atoms with Crippen molar-refractivity contribution in [2.75, 3.05) is 31.3 Å². The lowest BCUT2D eigenvalue weighted by Crippen LogP contribution is -2.19. The van der Waals surface area contributed by atoms with Crippen LogP contribution in [0.4, 0.5) is 11.5 Å². The largest absolute Gasteiger partial charge is 0.397 e. The Morgan fingerprint density at radius 3 is 2.89 bits per heavy atom. The maximum atomic E-state index is 11.2. The van der Waals surface area contributed by atoms with Crippen LogP contribution in [-0.4, -0.2) is 31.2 Å². The summed E-state index contributed by atoms with van der Waals surface area (Å²) in [6.07, 6.45) is 4.88. The number of anilines is 2. The van der Waals surface area contributed by atoms with Crippen LogP contribution in [0.25, 0.3) is 0 Å². The number of rotatable bonds is 7. The molecule has 1 saturated carbocycles. The zero-order valence-corrected chi connectivity index (χ0v) is 11.1. The number of carbonyl (C=O) groups is 1. The first-order chi connectivity index (χ1) is 9.06. The number of aromatic nitrogens is 1. The van der Waals surface area contributed by atoms with Gasteiger partial charge in [-0.3, -0.25) is 4.79 Å². The molecule has 1 aliphatic rings. The Labute approximate surface area is 112 Å². The highest BCUT2D eigenvalue weighted by atomic mass is 16.5. The first-order valence-corrected chi connectivity index (χ1v) is 6.34. The molecular weight excluding hydrogens is 244 g/mol. The molecule has 0 unspecified atom stereocenters. The molecule has 2 rings (SSSR count). The maximum absolute atomic E-state index is 11.2. The van der Waals surface area contributed by atoms with Gasteiger partial charge in [-0.1, -0.05) is 0 Å². The molecule has 0 atom stereocenters. The van der Waals surface area contributed by atoms with Crippen molar-refractivity contribution in [3.63, 3.8) is 0 Å². The summed E-state index contributed by atoms with van der Waals surface area (Å²) in [7, 11) is 1.71. The summed E-state index contributed by atoms with van der Waals surface area (Å²) in [6, 6.07) is 1.60. The van der Waals surface area contributed by atoms with Crippen molar-refractivity contribution in [2.24, 2.45) is 11.1 Å². The summed E-state index contributed by atoms with van der Waals surface area (Å²) >= 11 is 0. The molecule has 1 heterocycles. The van der Waals surface area contributed by atoms with Crippen molar-refractivity contribution >= 4 is 17.4 Å². The predicted octanol–water partition coefficient (Wildman–Crippen LogP) is 0.991. The normalized spacial score (nSPS) is 16.1. The molecule has 6 nitrogen and oxygen atoms in total. The molecule has 0 radical (unpaired) electrons. The van der Waals surface area contributed by atoms with Gasteiger partial charge in [-0.25, -0.2) is 4.98 Å². The van der Waals surface area contributed by atoms with E-state index in [1.54, 1.807) is 13.2 Å². The van der Waals surface area contributed by atoms with E-state index in [0.717, 1.165) is 19.6 Å². The average molecular weight is 264 g/mol. The van der Waals surface area contributed by atoms with E-state index in [1.165, 1.54) is 19.0 Å². The van der Waals surface area contributed by atoms with Gasteiger partial charge in [0.15, 0.2) is 0 Å². The molecule has 19 heavy (non-hydrogen) atoms. The molecular formula is C13H20N4O2. The third-order valence-electron chi connectivity index (χ3n) is 3.64. The number of amides is 1. The number of methoxy groups -OCH3 is 1. The first-order valence-electron chi connectivity index (χ1n) is 6.34. The van der Waals surface area contributed by atoms with Gasteiger partial charge in [0.2, 0.25) is 0 Å². The predicted molar refractivity (Wildman–Crippen MR) is 73.8 cm³/mol. The SMILES string of the molecule is COCCC1(CNc2cc(C(N)=O)c(N)cn2)CC1. The van der Waals surface area contributed by atoms with Crippen LogP contribution in [-0.2, 0) is 4.74 Å². The number of nitrogens with zero attached hydrogens (tertiary/aromatic N) is 1. The highest BCUT2D eigenvalue weighted by Gasteiger charge is 2.41. The summed E-state index contributed by atoms with van der Waals surface area (Å²) < 4.78 is 5.11. The summed E-state index contributed by atoms with van der Waals surface area (Å²) in [6.45, 7) is 1.59. The van der Waals surface area contributed by atoms with Gasteiger partial charge < -0.3 is 21.5 Å². The van der Waals surface area contributed by atoms with E-state index in [2.05, 4.69) is 10.3 Å². The molecule has 104 valence electrons. The fourth-order valence-corrected chi connectivity index (χ4v) is 2.06. The second-order valence-corrected chi connectivity index (χ2v) is 5.12. The number of nitrogens with two attached hydrogens (primary N) is 2. The molecule has 0 aliphatic heterocycles. The first kappa shape index (κ1) is 13.6. The van der Waals surface area contributed by atoms with Crippen LogP contribution in [0.5, 0.6) is 0 Å². The molecule has 1 fully saturated rings. The fraction of sp³-hybridized carbons (Fsp3) is 0.538. The van der Waals surface area contributed by atoms with Crippen LogP contribution in [0.15, 0.2) is 12.3 Å². The molecule has 1 aromatic rings. The van der Waals surface area contributed by atoms with E-state index in [9.17, 15) is 4.79 Å². The second-order valence-electron chi connectivity index (χ2n) is 5.12. The maximum Gasteiger partial charge on any atom is 0.250 e. The summed E-state index contributed by atoms with van der Waals surface area (Å²) in [5.41, 5.74) is 11.8. The van der Waals surface area contributed by atoms with Crippen LogP contribution >= 0.6 is 0 Å². The van der Waals surface area contributed by atoms with Gasteiger partial charge in [0.1, 0.15) is 5.82 Å². The van der Waals surface area contributed by atoms with Crippen molar-refractivity contribution in [3.8, 4) is 0 Å². The van der Waals surface area contributed by atoms with Crippen LogP contribution in [0.2, 0.25) is 0 Å². The molecule has 5 N–H and O–H groups in total. The Bertz CT molecular complexity index is 472. The molecule has 1 aliphatic carbocycles. The molecule has 1 amide bonds. The number of carbonyl (C=O) groups excluding carboxylic acids is 1. The fourth-order valence-electron chi connectivity index (χ4n) is 2.06. The Hall–Kier alpha value is -1.82. The van der Waals surface area contributed by atoms with Crippen molar-refractivity contribution < 1.29 is 9.53 Å². The van der Waals surface area contributed by atoms with Crippen molar-refractivity contribution in [3.05, 3.63) is 17.8 Å². The van der Waals surface area contributed by atoms with Gasteiger partial charge in [0, 0.05) is 20.3 Å². The lowest BCUT2D eigenvalue weighted by Gasteiger charge is -2.16.